The Morgan fingerprint density at radius 2 is 2.25 bits per heavy atom. The highest BCUT2D eigenvalue weighted by molar-refractivity contribution is 4.90. The van der Waals surface area contributed by atoms with Crippen LogP contribution in [0.4, 0.5) is 0 Å². The monoisotopic (exact) mass is 109 g/mol. The molecule has 1 heteroatoms. The molecule has 0 N–H and O–H groups in total. The van der Waals surface area contributed by atoms with Gasteiger partial charge in [-0.25, -0.2) is 0 Å². The SMILES string of the molecule is C[C@H]1CCCC1C#N. The predicted octanol–water partition coefficient (Wildman–Crippen LogP) is 1.95. The third kappa shape index (κ3) is 0.838. The Kier molecular flexibility index (Phi) is 1.53. The fraction of sp³-hybridized carbons (Fsp3) is 0.857. The highest BCUT2D eigenvalue weighted by Gasteiger charge is 2.21. The van der Waals surface area contributed by atoms with Gasteiger partial charge in [0.25, 0.3) is 0 Å². The van der Waals surface area contributed by atoms with E-state index in [0.29, 0.717) is 11.8 Å². The minimum atomic E-state index is 0.370. The maximum Gasteiger partial charge on any atom is 0.0658 e. The third-order valence-corrected chi connectivity index (χ3v) is 2.03. The largest absolute Gasteiger partial charge is 0.198 e. The fourth-order valence-electron chi connectivity index (χ4n) is 1.34. The molecule has 0 spiro atoms. The van der Waals surface area contributed by atoms with Crippen molar-refractivity contribution in [3.05, 3.63) is 0 Å². The third-order valence-electron chi connectivity index (χ3n) is 2.03. The van der Waals surface area contributed by atoms with Gasteiger partial charge in [0.1, 0.15) is 0 Å². The average molecular weight is 109 g/mol. The molecule has 1 nitrogen and oxygen atoms in total. The van der Waals surface area contributed by atoms with Crippen LogP contribution in [0.15, 0.2) is 0 Å². The van der Waals surface area contributed by atoms with Crippen molar-refractivity contribution in [1.82, 2.24) is 0 Å². The molecule has 0 aromatic rings. The highest BCUT2D eigenvalue weighted by atomic mass is 14.3. The van der Waals surface area contributed by atoms with Crippen LogP contribution < -0.4 is 0 Å². The number of hydrogen-bond acceptors (Lipinski definition) is 1. The summed E-state index contributed by atoms with van der Waals surface area (Å²) in [5.41, 5.74) is 0. The van der Waals surface area contributed by atoms with Gasteiger partial charge in [0.2, 0.25) is 0 Å². The summed E-state index contributed by atoms with van der Waals surface area (Å²) < 4.78 is 0. The Balaban J connectivity index is 2.45. The van der Waals surface area contributed by atoms with Crippen LogP contribution in [0.3, 0.4) is 0 Å². The molecule has 1 aliphatic carbocycles. The van der Waals surface area contributed by atoms with Gasteiger partial charge in [0, 0.05) is 5.92 Å². The lowest BCUT2D eigenvalue weighted by molar-refractivity contribution is 0.514. The van der Waals surface area contributed by atoms with Gasteiger partial charge in [-0.2, -0.15) is 5.26 Å². The molecule has 1 aliphatic rings. The van der Waals surface area contributed by atoms with E-state index in [0.717, 1.165) is 6.42 Å². The van der Waals surface area contributed by atoms with Crippen LogP contribution >= 0.6 is 0 Å². The van der Waals surface area contributed by atoms with Crippen LogP contribution in [0.1, 0.15) is 26.2 Å². The molecule has 8 heavy (non-hydrogen) atoms. The summed E-state index contributed by atoms with van der Waals surface area (Å²) >= 11 is 0. The van der Waals surface area contributed by atoms with Gasteiger partial charge >= 0.3 is 0 Å². The smallest absolute Gasteiger partial charge is 0.0658 e. The lowest BCUT2D eigenvalue weighted by atomic mass is 10.0. The molecule has 0 aromatic carbocycles. The summed E-state index contributed by atoms with van der Waals surface area (Å²) in [5, 5.41) is 8.49. The maximum absolute atomic E-state index is 8.49. The summed E-state index contributed by atoms with van der Waals surface area (Å²) in [7, 11) is 0. The maximum atomic E-state index is 8.49. The molecule has 0 radical (unpaired) electrons. The fourth-order valence-corrected chi connectivity index (χ4v) is 1.34. The standard InChI is InChI=1S/C7H11N/c1-6-3-2-4-7(6)5-8/h6-7H,2-4H2,1H3/t6-,7?/m0/s1. The Morgan fingerprint density at radius 1 is 1.50 bits per heavy atom. The number of nitriles is 1. The number of nitrogens with zero attached hydrogens (tertiary/aromatic N) is 1. The van der Waals surface area contributed by atoms with E-state index in [-0.39, 0.29) is 0 Å². The zero-order valence-corrected chi connectivity index (χ0v) is 5.22. The van der Waals surface area contributed by atoms with Gasteiger partial charge in [0.15, 0.2) is 0 Å². The molecule has 0 saturated heterocycles. The van der Waals surface area contributed by atoms with Gasteiger partial charge in [-0.15, -0.1) is 0 Å². The van der Waals surface area contributed by atoms with E-state index in [1.807, 2.05) is 0 Å². The van der Waals surface area contributed by atoms with Gasteiger partial charge in [-0.05, 0) is 18.8 Å². The Labute approximate surface area is 50.3 Å². The summed E-state index contributed by atoms with van der Waals surface area (Å²) in [4.78, 5) is 0. The minimum absolute atomic E-state index is 0.370. The van der Waals surface area contributed by atoms with Gasteiger partial charge in [-0.3, -0.25) is 0 Å². The van der Waals surface area contributed by atoms with Crippen LogP contribution in [0.25, 0.3) is 0 Å². The molecule has 1 rings (SSSR count). The lowest BCUT2D eigenvalue weighted by Gasteiger charge is -2.02. The van der Waals surface area contributed by atoms with E-state index in [1.54, 1.807) is 0 Å². The van der Waals surface area contributed by atoms with Crippen LogP contribution in [0.5, 0.6) is 0 Å². The Hall–Kier alpha value is -0.510. The first kappa shape index (κ1) is 5.62. The van der Waals surface area contributed by atoms with Crippen molar-refractivity contribution in [3.8, 4) is 6.07 Å². The van der Waals surface area contributed by atoms with E-state index in [2.05, 4.69) is 13.0 Å². The predicted molar refractivity (Wildman–Crippen MR) is 32.1 cm³/mol. The van der Waals surface area contributed by atoms with Crippen molar-refractivity contribution in [2.24, 2.45) is 11.8 Å². The quantitative estimate of drug-likeness (QED) is 0.466. The van der Waals surface area contributed by atoms with E-state index >= 15 is 0 Å². The minimum Gasteiger partial charge on any atom is -0.198 e. The summed E-state index contributed by atoms with van der Waals surface area (Å²) in [6, 6.07) is 2.31. The van der Waals surface area contributed by atoms with Crippen LogP contribution in [0, 0.1) is 23.2 Å². The van der Waals surface area contributed by atoms with Gasteiger partial charge in [0.05, 0.1) is 6.07 Å². The van der Waals surface area contributed by atoms with Gasteiger partial charge < -0.3 is 0 Å². The van der Waals surface area contributed by atoms with E-state index in [9.17, 15) is 0 Å². The molecule has 44 valence electrons. The van der Waals surface area contributed by atoms with Crippen molar-refractivity contribution in [3.63, 3.8) is 0 Å². The lowest BCUT2D eigenvalue weighted by Crippen LogP contribution is -1.98. The second-order valence-corrected chi connectivity index (χ2v) is 2.64. The molecule has 1 saturated carbocycles. The second kappa shape index (κ2) is 2.17. The molecule has 0 heterocycles. The molecule has 0 aromatic heterocycles. The van der Waals surface area contributed by atoms with Crippen LogP contribution in [-0.4, -0.2) is 0 Å². The molecule has 1 fully saturated rings. The van der Waals surface area contributed by atoms with Crippen molar-refractivity contribution >= 4 is 0 Å². The normalized spacial score (nSPS) is 37.0. The first-order chi connectivity index (χ1) is 3.84. The second-order valence-electron chi connectivity index (χ2n) is 2.64. The van der Waals surface area contributed by atoms with E-state index < -0.39 is 0 Å². The average Bonchev–Trinajstić information content (AvgIpc) is 2.14. The van der Waals surface area contributed by atoms with Crippen molar-refractivity contribution in [2.75, 3.05) is 0 Å². The summed E-state index contributed by atoms with van der Waals surface area (Å²) in [6.45, 7) is 2.17. The Morgan fingerprint density at radius 3 is 2.50 bits per heavy atom. The first-order valence-corrected chi connectivity index (χ1v) is 3.24. The van der Waals surface area contributed by atoms with Gasteiger partial charge in [-0.1, -0.05) is 13.3 Å². The van der Waals surface area contributed by atoms with Crippen molar-refractivity contribution in [1.29, 1.82) is 5.26 Å². The zero-order chi connectivity index (χ0) is 5.98. The van der Waals surface area contributed by atoms with Crippen LogP contribution in [0.2, 0.25) is 0 Å². The topological polar surface area (TPSA) is 23.8 Å². The first-order valence-electron chi connectivity index (χ1n) is 3.24. The van der Waals surface area contributed by atoms with E-state index in [4.69, 9.17) is 5.26 Å². The highest BCUT2D eigenvalue weighted by Crippen LogP contribution is 2.29. The summed E-state index contributed by atoms with van der Waals surface area (Å²) in [5.74, 6) is 1.04. The molecule has 0 aliphatic heterocycles. The van der Waals surface area contributed by atoms with Crippen molar-refractivity contribution < 1.29 is 0 Å². The number of rotatable bonds is 0. The number of hydrogen-bond donors (Lipinski definition) is 0. The molecule has 2 atom stereocenters. The van der Waals surface area contributed by atoms with Crippen LogP contribution in [-0.2, 0) is 0 Å². The molecular formula is C7H11N. The molecule has 1 unspecified atom stereocenters. The molecule has 0 bridgehead atoms. The Bertz CT molecular complexity index is 112. The van der Waals surface area contributed by atoms with Crippen molar-refractivity contribution in [2.45, 2.75) is 26.2 Å². The zero-order valence-electron chi connectivity index (χ0n) is 5.22. The molecular weight excluding hydrogens is 98.1 g/mol. The summed E-state index contributed by atoms with van der Waals surface area (Å²) in [6.07, 6.45) is 3.66. The van der Waals surface area contributed by atoms with E-state index in [1.165, 1.54) is 12.8 Å². The molecule has 0 amide bonds.